The van der Waals surface area contributed by atoms with Gasteiger partial charge >= 0.3 is 0 Å². The number of nitrogens with zero attached hydrogens (tertiary/aromatic N) is 1. The van der Waals surface area contributed by atoms with Gasteiger partial charge in [0.1, 0.15) is 0 Å². The van der Waals surface area contributed by atoms with Crippen LogP contribution in [0.1, 0.15) is 12.1 Å². The molecule has 0 aliphatic heterocycles. The molecule has 0 spiro atoms. The summed E-state index contributed by atoms with van der Waals surface area (Å²) in [5.74, 6) is 1.24. The van der Waals surface area contributed by atoms with Crippen LogP contribution in [0.3, 0.4) is 0 Å². The van der Waals surface area contributed by atoms with E-state index in [1.54, 1.807) is 0 Å². The Morgan fingerprint density at radius 2 is 2.38 bits per heavy atom. The third-order valence-electron chi connectivity index (χ3n) is 2.07. The molecule has 3 heteroatoms. The van der Waals surface area contributed by atoms with E-state index in [0.29, 0.717) is 0 Å². The zero-order valence-electron chi connectivity index (χ0n) is 8.20. The molecule has 0 amide bonds. The van der Waals surface area contributed by atoms with Gasteiger partial charge in [0.05, 0.1) is 0 Å². The quantitative estimate of drug-likeness (QED) is 0.706. The third-order valence-corrected chi connectivity index (χ3v) is 2.77. The largest absolute Gasteiger partial charge is 0.351 e. The molecule has 1 aromatic heterocycles. The van der Waals surface area contributed by atoms with Crippen LogP contribution in [-0.2, 0) is 13.0 Å². The van der Waals surface area contributed by atoms with Crippen LogP contribution in [0.15, 0.2) is 18.3 Å². The average Bonchev–Trinajstić information content (AvgIpc) is 2.54. The Balaban J connectivity index is 2.40. The molecule has 1 rings (SSSR count). The van der Waals surface area contributed by atoms with E-state index in [1.807, 2.05) is 11.8 Å². The van der Waals surface area contributed by atoms with Crippen molar-refractivity contribution in [2.24, 2.45) is 5.73 Å². The fourth-order valence-electron chi connectivity index (χ4n) is 1.42. The van der Waals surface area contributed by atoms with Gasteiger partial charge in [0.25, 0.3) is 0 Å². The van der Waals surface area contributed by atoms with Gasteiger partial charge < -0.3 is 10.3 Å². The Kier molecular flexibility index (Phi) is 5.01. The predicted octanol–water partition coefficient (Wildman–Crippen LogP) is 1.74. The minimum atomic E-state index is 0.743. The van der Waals surface area contributed by atoms with Gasteiger partial charge in [-0.25, -0.2) is 0 Å². The molecule has 0 saturated carbocycles. The van der Waals surface area contributed by atoms with Crippen LogP contribution in [0.25, 0.3) is 0 Å². The molecule has 0 saturated heterocycles. The van der Waals surface area contributed by atoms with Gasteiger partial charge in [-0.3, -0.25) is 0 Å². The molecule has 74 valence electrons. The molecule has 0 fully saturated rings. The molecule has 1 heterocycles. The van der Waals surface area contributed by atoms with Crippen molar-refractivity contribution in [3.63, 3.8) is 0 Å². The van der Waals surface area contributed by atoms with Crippen LogP contribution in [-0.4, -0.2) is 23.1 Å². The van der Waals surface area contributed by atoms with Gasteiger partial charge in [0.15, 0.2) is 0 Å². The molecule has 0 aliphatic rings. The van der Waals surface area contributed by atoms with E-state index in [-0.39, 0.29) is 0 Å². The van der Waals surface area contributed by atoms with Gasteiger partial charge in [0, 0.05) is 18.4 Å². The number of aryl methyl sites for hydroxylation is 1. The molecule has 0 bridgehead atoms. The summed E-state index contributed by atoms with van der Waals surface area (Å²) >= 11 is 1.90. The fraction of sp³-hybridized carbons (Fsp3) is 0.600. The van der Waals surface area contributed by atoms with Gasteiger partial charge in [-0.15, -0.1) is 0 Å². The van der Waals surface area contributed by atoms with Crippen molar-refractivity contribution in [3.05, 3.63) is 24.0 Å². The number of nitrogens with two attached hydrogens (primary N) is 1. The highest BCUT2D eigenvalue weighted by molar-refractivity contribution is 7.98. The van der Waals surface area contributed by atoms with Gasteiger partial charge in [-0.05, 0) is 43.5 Å². The van der Waals surface area contributed by atoms with Crippen molar-refractivity contribution in [3.8, 4) is 0 Å². The molecular weight excluding hydrogens is 180 g/mol. The lowest BCUT2D eigenvalue weighted by Gasteiger charge is -2.07. The first-order valence-electron chi connectivity index (χ1n) is 4.71. The van der Waals surface area contributed by atoms with Crippen LogP contribution >= 0.6 is 11.8 Å². The smallest absolute Gasteiger partial charge is 0.0230 e. The van der Waals surface area contributed by atoms with E-state index in [0.717, 1.165) is 19.5 Å². The first kappa shape index (κ1) is 10.7. The zero-order chi connectivity index (χ0) is 9.52. The van der Waals surface area contributed by atoms with E-state index in [2.05, 4.69) is 29.2 Å². The first-order valence-corrected chi connectivity index (χ1v) is 6.11. The molecule has 0 aromatic carbocycles. The predicted molar refractivity (Wildman–Crippen MR) is 60.2 cm³/mol. The van der Waals surface area contributed by atoms with Crippen LogP contribution < -0.4 is 5.73 Å². The Hall–Kier alpha value is -0.410. The SMILES string of the molecule is CSCCCn1cccc1CCN. The minimum absolute atomic E-state index is 0.743. The van der Waals surface area contributed by atoms with Gasteiger partial charge in [0.2, 0.25) is 0 Å². The van der Waals surface area contributed by atoms with E-state index in [4.69, 9.17) is 5.73 Å². The molecule has 0 radical (unpaired) electrons. The normalized spacial score (nSPS) is 10.6. The van der Waals surface area contributed by atoms with Crippen molar-refractivity contribution in [2.75, 3.05) is 18.6 Å². The lowest BCUT2D eigenvalue weighted by atomic mass is 10.3. The van der Waals surface area contributed by atoms with Crippen molar-refractivity contribution in [1.29, 1.82) is 0 Å². The molecule has 2 nitrogen and oxygen atoms in total. The molecule has 0 aliphatic carbocycles. The van der Waals surface area contributed by atoms with Crippen LogP contribution in [0.4, 0.5) is 0 Å². The molecule has 13 heavy (non-hydrogen) atoms. The highest BCUT2D eigenvalue weighted by Crippen LogP contribution is 2.05. The second-order valence-electron chi connectivity index (χ2n) is 3.08. The molecule has 2 N–H and O–H groups in total. The van der Waals surface area contributed by atoms with Crippen molar-refractivity contribution in [1.82, 2.24) is 4.57 Å². The van der Waals surface area contributed by atoms with E-state index < -0.39 is 0 Å². The summed E-state index contributed by atoms with van der Waals surface area (Å²) < 4.78 is 2.31. The summed E-state index contributed by atoms with van der Waals surface area (Å²) in [6.07, 6.45) is 6.53. The molecular formula is C10H18N2S. The third kappa shape index (κ3) is 3.44. The molecule has 0 atom stereocenters. The summed E-state index contributed by atoms with van der Waals surface area (Å²) in [5.41, 5.74) is 6.89. The summed E-state index contributed by atoms with van der Waals surface area (Å²) in [4.78, 5) is 0. The number of hydrogen-bond donors (Lipinski definition) is 1. The summed E-state index contributed by atoms with van der Waals surface area (Å²) in [7, 11) is 0. The maximum atomic E-state index is 5.53. The standard InChI is InChI=1S/C10H18N2S/c1-13-9-3-8-12-7-2-4-10(12)5-6-11/h2,4,7H,3,5-6,8-9,11H2,1H3. The van der Waals surface area contributed by atoms with Gasteiger partial charge in [-0.2, -0.15) is 11.8 Å². The van der Waals surface area contributed by atoms with Crippen LogP contribution in [0.2, 0.25) is 0 Å². The lowest BCUT2D eigenvalue weighted by Crippen LogP contribution is -2.08. The van der Waals surface area contributed by atoms with E-state index in [1.165, 1.54) is 17.9 Å². The highest BCUT2D eigenvalue weighted by atomic mass is 32.2. The Morgan fingerprint density at radius 1 is 1.54 bits per heavy atom. The summed E-state index contributed by atoms with van der Waals surface area (Å²) in [6.45, 7) is 1.87. The van der Waals surface area contributed by atoms with Crippen molar-refractivity contribution >= 4 is 11.8 Å². The molecule has 0 unspecified atom stereocenters. The second-order valence-corrected chi connectivity index (χ2v) is 4.06. The number of aromatic nitrogens is 1. The Morgan fingerprint density at radius 3 is 3.08 bits per heavy atom. The second kappa shape index (κ2) is 6.11. The monoisotopic (exact) mass is 198 g/mol. The van der Waals surface area contributed by atoms with Crippen molar-refractivity contribution < 1.29 is 0 Å². The van der Waals surface area contributed by atoms with E-state index in [9.17, 15) is 0 Å². The topological polar surface area (TPSA) is 30.9 Å². The Bertz CT molecular complexity index is 233. The van der Waals surface area contributed by atoms with Crippen LogP contribution in [0.5, 0.6) is 0 Å². The maximum absolute atomic E-state index is 5.53. The number of rotatable bonds is 6. The Labute approximate surface area is 84.5 Å². The van der Waals surface area contributed by atoms with Crippen molar-refractivity contribution in [2.45, 2.75) is 19.4 Å². The summed E-state index contributed by atoms with van der Waals surface area (Å²) in [6, 6.07) is 4.26. The van der Waals surface area contributed by atoms with E-state index >= 15 is 0 Å². The zero-order valence-corrected chi connectivity index (χ0v) is 9.02. The minimum Gasteiger partial charge on any atom is -0.351 e. The summed E-state index contributed by atoms with van der Waals surface area (Å²) in [5, 5.41) is 0. The fourth-order valence-corrected chi connectivity index (χ4v) is 1.84. The average molecular weight is 198 g/mol. The number of thioether (sulfide) groups is 1. The molecule has 1 aromatic rings. The maximum Gasteiger partial charge on any atom is 0.0230 e. The first-order chi connectivity index (χ1) is 6.38. The van der Waals surface area contributed by atoms with Crippen LogP contribution in [0, 0.1) is 0 Å². The highest BCUT2D eigenvalue weighted by Gasteiger charge is 1.98. The van der Waals surface area contributed by atoms with Gasteiger partial charge in [-0.1, -0.05) is 0 Å². The number of hydrogen-bond acceptors (Lipinski definition) is 2. The lowest BCUT2D eigenvalue weighted by molar-refractivity contribution is 0.651.